The summed E-state index contributed by atoms with van der Waals surface area (Å²) in [5, 5.41) is 12.2. The summed E-state index contributed by atoms with van der Waals surface area (Å²) in [6.45, 7) is 0.788. The number of carboxylic acids is 1. The number of alkyl halides is 2. The molecule has 5 heteroatoms. The highest BCUT2D eigenvalue weighted by molar-refractivity contribution is 5.75. The number of aliphatic carboxylic acids is 1. The Bertz CT molecular complexity index is 442. The van der Waals surface area contributed by atoms with Crippen molar-refractivity contribution in [1.29, 1.82) is 0 Å². The molecular weight excluding hydrogens is 252 g/mol. The highest BCUT2D eigenvalue weighted by Gasteiger charge is 2.48. The van der Waals surface area contributed by atoms with Crippen molar-refractivity contribution in [3.8, 4) is 0 Å². The van der Waals surface area contributed by atoms with E-state index in [1.807, 2.05) is 0 Å². The quantitative estimate of drug-likeness (QED) is 0.883. The first-order valence-corrected chi connectivity index (χ1v) is 6.34. The molecule has 1 aliphatic heterocycles. The summed E-state index contributed by atoms with van der Waals surface area (Å²) in [4.78, 5) is 11.4. The molecular formula is C14H17F2NO2. The lowest BCUT2D eigenvalue weighted by Crippen LogP contribution is -2.48. The Balaban J connectivity index is 2.23. The average molecular weight is 269 g/mol. The van der Waals surface area contributed by atoms with E-state index in [4.69, 9.17) is 0 Å². The Labute approximate surface area is 110 Å². The molecule has 1 heterocycles. The minimum atomic E-state index is -3.13. The van der Waals surface area contributed by atoms with E-state index in [9.17, 15) is 18.7 Å². The maximum absolute atomic E-state index is 14.3. The number of piperidine rings is 1. The van der Waals surface area contributed by atoms with E-state index in [2.05, 4.69) is 5.32 Å². The maximum atomic E-state index is 14.3. The highest BCUT2D eigenvalue weighted by atomic mass is 19.3. The van der Waals surface area contributed by atoms with Crippen LogP contribution in [0.3, 0.4) is 0 Å². The smallest absolute Gasteiger partial charge is 0.311 e. The second-order valence-electron chi connectivity index (χ2n) is 5.11. The summed E-state index contributed by atoms with van der Waals surface area (Å²) in [7, 11) is 0. The fourth-order valence-corrected chi connectivity index (χ4v) is 2.59. The molecule has 19 heavy (non-hydrogen) atoms. The van der Waals surface area contributed by atoms with Gasteiger partial charge in [-0.3, -0.25) is 4.79 Å². The number of rotatable bonds is 4. The molecule has 1 aromatic carbocycles. The van der Waals surface area contributed by atoms with Crippen LogP contribution < -0.4 is 5.32 Å². The van der Waals surface area contributed by atoms with Gasteiger partial charge in [-0.05, 0) is 19.4 Å². The van der Waals surface area contributed by atoms with Crippen LogP contribution in [0.15, 0.2) is 30.3 Å². The van der Waals surface area contributed by atoms with Gasteiger partial charge in [0, 0.05) is 18.5 Å². The van der Waals surface area contributed by atoms with Crippen molar-refractivity contribution < 1.29 is 18.7 Å². The van der Waals surface area contributed by atoms with Gasteiger partial charge in [-0.15, -0.1) is 0 Å². The fraction of sp³-hybridized carbons (Fsp3) is 0.500. The third-order valence-corrected chi connectivity index (χ3v) is 3.68. The summed E-state index contributed by atoms with van der Waals surface area (Å²) in [6.07, 6.45) is 0.237. The Kier molecular flexibility index (Phi) is 3.85. The molecule has 0 amide bonds. The molecule has 2 rings (SSSR count). The summed E-state index contributed by atoms with van der Waals surface area (Å²) in [6, 6.07) is 7.41. The van der Waals surface area contributed by atoms with Gasteiger partial charge in [0.25, 0.3) is 5.92 Å². The first-order chi connectivity index (χ1) is 8.96. The minimum absolute atomic E-state index is 0.102. The lowest BCUT2D eigenvalue weighted by atomic mass is 9.75. The van der Waals surface area contributed by atoms with Gasteiger partial charge >= 0.3 is 5.97 Å². The van der Waals surface area contributed by atoms with Crippen molar-refractivity contribution in [3.63, 3.8) is 0 Å². The number of hydrogen-bond acceptors (Lipinski definition) is 2. The van der Waals surface area contributed by atoms with Crippen molar-refractivity contribution in [2.45, 2.75) is 25.2 Å². The molecule has 1 fully saturated rings. The Morgan fingerprint density at radius 2 is 2.05 bits per heavy atom. The SMILES string of the molecule is O=C(O)C1(CC(F)(F)c2ccccc2)CCCNC1. The first-order valence-electron chi connectivity index (χ1n) is 6.34. The van der Waals surface area contributed by atoms with E-state index < -0.39 is 23.7 Å². The van der Waals surface area contributed by atoms with Gasteiger partial charge < -0.3 is 10.4 Å². The first kappa shape index (κ1) is 13.9. The topological polar surface area (TPSA) is 49.3 Å². The summed E-state index contributed by atoms with van der Waals surface area (Å²) in [5.74, 6) is -4.27. The normalized spacial score (nSPS) is 24.1. The fourth-order valence-electron chi connectivity index (χ4n) is 2.59. The number of carboxylic acid groups (broad SMARTS) is 1. The van der Waals surface area contributed by atoms with Gasteiger partial charge in [0.2, 0.25) is 0 Å². The van der Waals surface area contributed by atoms with Gasteiger partial charge in [-0.2, -0.15) is 0 Å². The number of benzene rings is 1. The summed E-state index contributed by atoms with van der Waals surface area (Å²) in [5.41, 5.74) is -1.50. The predicted octanol–water partition coefficient (Wildman–Crippen LogP) is 2.62. The highest BCUT2D eigenvalue weighted by Crippen LogP contribution is 2.43. The summed E-state index contributed by atoms with van der Waals surface area (Å²) >= 11 is 0. The van der Waals surface area contributed by atoms with E-state index >= 15 is 0 Å². The molecule has 0 aliphatic carbocycles. The number of halogens is 2. The van der Waals surface area contributed by atoms with Crippen LogP contribution in [0.25, 0.3) is 0 Å². The minimum Gasteiger partial charge on any atom is -0.481 e. The van der Waals surface area contributed by atoms with Crippen LogP contribution in [0, 0.1) is 5.41 Å². The third kappa shape index (κ3) is 2.92. The van der Waals surface area contributed by atoms with Gasteiger partial charge in [-0.1, -0.05) is 30.3 Å². The molecule has 1 unspecified atom stereocenters. The zero-order valence-corrected chi connectivity index (χ0v) is 10.5. The number of hydrogen-bond donors (Lipinski definition) is 2. The van der Waals surface area contributed by atoms with Crippen LogP contribution in [0.1, 0.15) is 24.8 Å². The van der Waals surface area contributed by atoms with Gasteiger partial charge in [0.05, 0.1) is 5.41 Å². The van der Waals surface area contributed by atoms with Crippen LogP contribution in [-0.2, 0) is 10.7 Å². The molecule has 104 valence electrons. The van der Waals surface area contributed by atoms with Gasteiger partial charge in [0.1, 0.15) is 0 Å². The van der Waals surface area contributed by atoms with E-state index in [1.54, 1.807) is 6.07 Å². The number of carbonyl (C=O) groups is 1. The largest absolute Gasteiger partial charge is 0.481 e. The molecule has 0 radical (unpaired) electrons. The van der Waals surface area contributed by atoms with Crippen molar-refractivity contribution in [3.05, 3.63) is 35.9 Å². The standard InChI is InChI=1S/C14H17F2NO2/c15-14(16,11-5-2-1-3-6-11)9-13(12(18)19)7-4-8-17-10-13/h1-3,5-6,17H,4,7-10H2,(H,18,19). The van der Waals surface area contributed by atoms with E-state index in [-0.39, 0.29) is 18.5 Å². The van der Waals surface area contributed by atoms with Crippen molar-refractivity contribution >= 4 is 5.97 Å². The average Bonchev–Trinajstić information content (AvgIpc) is 2.40. The molecule has 0 saturated carbocycles. The van der Waals surface area contributed by atoms with Gasteiger partial charge in [0.15, 0.2) is 0 Å². The third-order valence-electron chi connectivity index (χ3n) is 3.68. The zero-order valence-electron chi connectivity index (χ0n) is 10.5. The van der Waals surface area contributed by atoms with Crippen LogP contribution in [0.2, 0.25) is 0 Å². The molecule has 0 spiro atoms. The van der Waals surface area contributed by atoms with Crippen LogP contribution in [0.5, 0.6) is 0 Å². The van der Waals surface area contributed by atoms with Crippen molar-refractivity contribution in [1.82, 2.24) is 5.32 Å². The predicted molar refractivity (Wildman–Crippen MR) is 67.1 cm³/mol. The van der Waals surface area contributed by atoms with E-state index in [0.29, 0.717) is 13.0 Å². The molecule has 1 saturated heterocycles. The lowest BCUT2D eigenvalue weighted by molar-refractivity contribution is -0.158. The Hall–Kier alpha value is -1.49. The molecule has 2 N–H and O–H groups in total. The monoisotopic (exact) mass is 269 g/mol. The van der Waals surface area contributed by atoms with Crippen LogP contribution in [-0.4, -0.2) is 24.2 Å². The molecule has 0 aromatic heterocycles. The second-order valence-corrected chi connectivity index (χ2v) is 5.11. The van der Waals surface area contributed by atoms with Crippen LogP contribution in [0.4, 0.5) is 8.78 Å². The van der Waals surface area contributed by atoms with Crippen molar-refractivity contribution in [2.75, 3.05) is 13.1 Å². The van der Waals surface area contributed by atoms with E-state index in [1.165, 1.54) is 24.3 Å². The molecule has 3 nitrogen and oxygen atoms in total. The molecule has 1 aliphatic rings. The second kappa shape index (κ2) is 5.25. The molecule has 1 atom stereocenters. The Morgan fingerprint density at radius 3 is 2.58 bits per heavy atom. The zero-order chi connectivity index (χ0) is 13.9. The van der Waals surface area contributed by atoms with Crippen molar-refractivity contribution in [2.24, 2.45) is 5.41 Å². The van der Waals surface area contributed by atoms with Crippen LogP contribution >= 0.6 is 0 Å². The molecule has 0 bridgehead atoms. The van der Waals surface area contributed by atoms with Gasteiger partial charge in [-0.25, -0.2) is 8.78 Å². The molecule has 1 aromatic rings. The van der Waals surface area contributed by atoms with E-state index in [0.717, 1.165) is 0 Å². The Morgan fingerprint density at radius 1 is 1.37 bits per heavy atom. The number of nitrogens with one attached hydrogen (secondary N) is 1. The summed E-state index contributed by atoms with van der Waals surface area (Å²) < 4.78 is 28.5. The maximum Gasteiger partial charge on any atom is 0.311 e. The lowest BCUT2D eigenvalue weighted by Gasteiger charge is -2.36.